The Balaban J connectivity index is 3.11. The predicted octanol–water partition coefficient (Wildman–Crippen LogP) is 3.72. The van der Waals surface area contributed by atoms with Gasteiger partial charge < -0.3 is 5.11 Å². The third-order valence-electron chi connectivity index (χ3n) is 2.07. The summed E-state index contributed by atoms with van der Waals surface area (Å²) in [7, 11) is 0. The number of halogens is 1. The average molecular weight is 263 g/mol. The molecule has 1 rings (SSSR count). The van der Waals surface area contributed by atoms with Crippen LogP contribution in [0.4, 0.5) is 0 Å². The zero-order valence-corrected chi connectivity index (χ0v) is 9.91. The van der Waals surface area contributed by atoms with Crippen molar-refractivity contribution in [3.05, 3.63) is 20.3 Å². The average Bonchev–Trinajstić information content (AvgIpc) is 2.46. The number of carboxylic acid groups (broad SMARTS) is 1. The molecule has 1 unspecified atom stereocenters. The van der Waals surface area contributed by atoms with E-state index in [0.717, 1.165) is 15.8 Å². The number of aromatic carboxylic acids is 1. The number of hydrogen-bond donors (Lipinski definition) is 1. The fourth-order valence-corrected chi connectivity index (χ4v) is 2.71. The summed E-state index contributed by atoms with van der Waals surface area (Å²) in [6.45, 7) is 4.10. The van der Waals surface area contributed by atoms with Crippen LogP contribution in [0.3, 0.4) is 0 Å². The minimum Gasteiger partial charge on any atom is -0.477 e. The molecule has 4 heteroatoms. The maximum Gasteiger partial charge on any atom is 0.346 e. The molecule has 0 spiro atoms. The van der Waals surface area contributed by atoms with Gasteiger partial charge in [0.1, 0.15) is 4.88 Å². The molecule has 0 saturated carbocycles. The van der Waals surface area contributed by atoms with E-state index in [-0.39, 0.29) is 0 Å². The molecule has 1 aromatic rings. The minimum atomic E-state index is -0.828. The van der Waals surface area contributed by atoms with E-state index < -0.39 is 5.97 Å². The van der Waals surface area contributed by atoms with Crippen LogP contribution in [0.1, 0.15) is 41.4 Å². The Kier molecular flexibility index (Phi) is 3.50. The lowest BCUT2D eigenvalue weighted by atomic mass is 10.00. The highest BCUT2D eigenvalue weighted by molar-refractivity contribution is 9.11. The third kappa shape index (κ3) is 2.31. The summed E-state index contributed by atoms with van der Waals surface area (Å²) in [4.78, 5) is 11.3. The predicted molar refractivity (Wildman–Crippen MR) is 57.7 cm³/mol. The van der Waals surface area contributed by atoms with Gasteiger partial charge in [-0.25, -0.2) is 4.79 Å². The van der Waals surface area contributed by atoms with Crippen molar-refractivity contribution in [1.29, 1.82) is 0 Å². The normalized spacial score (nSPS) is 12.8. The van der Waals surface area contributed by atoms with Gasteiger partial charge in [0, 0.05) is 0 Å². The van der Waals surface area contributed by atoms with Crippen LogP contribution in [0.2, 0.25) is 0 Å². The van der Waals surface area contributed by atoms with Crippen molar-refractivity contribution in [3.8, 4) is 0 Å². The molecule has 1 heterocycles. The van der Waals surface area contributed by atoms with Crippen molar-refractivity contribution in [3.63, 3.8) is 0 Å². The molecule has 0 radical (unpaired) electrons. The quantitative estimate of drug-likeness (QED) is 0.902. The van der Waals surface area contributed by atoms with Gasteiger partial charge in [-0.15, -0.1) is 11.3 Å². The second kappa shape index (κ2) is 4.24. The van der Waals surface area contributed by atoms with Crippen molar-refractivity contribution >= 4 is 33.2 Å². The van der Waals surface area contributed by atoms with Gasteiger partial charge in [-0.05, 0) is 39.9 Å². The highest BCUT2D eigenvalue weighted by Gasteiger charge is 2.17. The SMILES string of the molecule is CCC(C)c1cc(Br)sc1C(=O)O. The standard InChI is InChI=1S/C9H11BrO2S/c1-3-5(2)6-4-7(10)13-8(6)9(11)12/h4-5H,3H2,1-2H3,(H,11,12). The smallest absolute Gasteiger partial charge is 0.346 e. The summed E-state index contributed by atoms with van der Waals surface area (Å²) in [6.07, 6.45) is 0.962. The van der Waals surface area contributed by atoms with E-state index >= 15 is 0 Å². The molecule has 2 nitrogen and oxygen atoms in total. The first-order valence-corrected chi connectivity index (χ1v) is 5.69. The molecule has 0 fully saturated rings. The molecular formula is C9H11BrO2S. The van der Waals surface area contributed by atoms with Crippen LogP contribution < -0.4 is 0 Å². The Bertz CT molecular complexity index is 319. The summed E-state index contributed by atoms with van der Waals surface area (Å²) in [6, 6.07) is 1.91. The lowest BCUT2D eigenvalue weighted by Crippen LogP contribution is -2.00. The number of rotatable bonds is 3. The van der Waals surface area contributed by atoms with Crippen LogP contribution in [0.5, 0.6) is 0 Å². The van der Waals surface area contributed by atoms with E-state index in [1.165, 1.54) is 11.3 Å². The molecule has 13 heavy (non-hydrogen) atoms. The Labute approximate surface area is 89.7 Å². The van der Waals surface area contributed by atoms with E-state index in [9.17, 15) is 4.79 Å². The van der Waals surface area contributed by atoms with Crippen molar-refractivity contribution < 1.29 is 9.90 Å². The molecule has 1 N–H and O–H groups in total. The summed E-state index contributed by atoms with van der Waals surface area (Å²) >= 11 is 4.59. The second-order valence-corrected chi connectivity index (χ2v) is 5.38. The largest absolute Gasteiger partial charge is 0.477 e. The van der Waals surface area contributed by atoms with Gasteiger partial charge in [-0.3, -0.25) is 0 Å². The highest BCUT2D eigenvalue weighted by atomic mass is 79.9. The minimum absolute atomic E-state index is 0.314. The van der Waals surface area contributed by atoms with Crippen molar-refractivity contribution in [2.45, 2.75) is 26.2 Å². The Morgan fingerprint density at radius 1 is 1.77 bits per heavy atom. The van der Waals surface area contributed by atoms with E-state index in [2.05, 4.69) is 22.9 Å². The van der Waals surface area contributed by atoms with Crippen molar-refractivity contribution in [2.75, 3.05) is 0 Å². The number of hydrogen-bond acceptors (Lipinski definition) is 2. The molecule has 0 aliphatic rings. The van der Waals surface area contributed by atoms with Gasteiger partial charge in [0.05, 0.1) is 3.79 Å². The fourth-order valence-electron chi connectivity index (χ4n) is 1.13. The molecule has 0 bridgehead atoms. The van der Waals surface area contributed by atoms with Gasteiger partial charge in [-0.1, -0.05) is 13.8 Å². The van der Waals surface area contributed by atoms with Gasteiger partial charge >= 0.3 is 5.97 Å². The number of carbonyl (C=O) groups is 1. The van der Waals surface area contributed by atoms with Crippen molar-refractivity contribution in [1.82, 2.24) is 0 Å². The number of thiophene rings is 1. The summed E-state index contributed by atoms with van der Waals surface area (Å²) in [5.41, 5.74) is 0.937. The monoisotopic (exact) mass is 262 g/mol. The van der Waals surface area contributed by atoms with E-state index in [4.69, 9.17) is 5.11 Å². The molecule has 0 amide bonds. The van der Waals surface area contributed by atoms with Gasteiger partial charge in [-0.2, -0.15) is 0 Å². The summed E-state index contributed by atoms with van der Waals surface area (Å²) < 4.78 is 0.889. The summed E-state index contributed by atoms with van der Waals surface area (Å²) in [5, 5.41) is 8.91. The topological polar surface area (TPSA) is 37.3 Å². The maximum absolute atomic E-state index is 10.8. The van der Waals surface area contributed by atoms with Crippen LogP contribution in [0.15, 0.2) is 9.85 Å². The van der Waals surface area contributed by atoms with Crippen LogP contribution in [0.25, 0.3) is 0 Å². The first-order chi connectivity index (χ1) is 6.06. The fraction of sp³-hybridized carbons (Fsp3) is 0.444. The van der Waals surface area contributed by atoms with Gasteiger partial charge in [0.2, 0.25) is 0 Å². The van der Waals surface area contributed by atoms with E-state index in [1.54, 1.807) is 0 Å². The van der Waals surface area contributed by atoms with Crippen LogP contribution in [-0.4, -0.2) is 11.1 Å². The molecule has 72 valence electrons. The molecule has 0 aliphatic heterocycles. The Morgan fingerprint density at radius 2 is 2.38 bits per heavy atom. The lowest BCUT2D eigenvalue weighted by molar-refractivity contribution is 0.0700. The molecule has 0 aromatic carbocycles. The zero-order chi connectivity index (χ0) is 10.0. The first kappa shape index (κ1) is 10.7. The zero-order valence-electron chi connectivity index (χ0n) is 7.50. The van der Waals surface area contributed by atoms with E-state index in [0.29, 0.717) is 10.8 Å². The molecule has 0 saturated heterocycles. The second-order valence-electron chi connectivity index (χ2n) is 2.95. The maximum atomic E-state index is 10.8. The molecular weight excluding hydrogens is 252 g/mol. The van der Waals surface area contributed by atoms with E-state index in [1.807, 2.05) is 13.0 Å². The first-order valence-electron chi connectivity index (χ1n) is 4.08. The molecule has 1 atom stereocenters. The van der Waals surface area contributed by atoms with Crippen LogP contribution in [0, 0.1) is 0 Å². The van der Waals surface area contributed by atoms with Crippen LogP contribution in [-0.2, 0) is 0 Å². The van der Waals surface area contributed by atoms with Crippen LogP contribution >= 0.6 is 27.3 Å². The Hall–Kier alpha value is -0.350. The third-order valence-corrected chi connectivity index (χ3v) is 3.71. The Morgan fingerprint density at radius 3 is 2.85 bits per heavy atom. The van der Waals surface area contributed by atoms with Gasteiger partial charge in [0.15, 0.2) is 0 Å². The molecule has 1 aromatic heterocycles. The summed E-state index contributed by atoms with van der Waals surface area (Å²) in [5.74, 6) is -0.514. The van der Waals surface area contributed by atoms with Crippen molar-refractivity contribution in [2.24, 2.45) is 0 Å². The lowest BCUT2D eigenvalue weighted by Gasteiger charge is -2.06. The van der Waals surface area contributed by atoms with Gasteiger partial charge in [0.25, 0.3) is 0 Å². The molecule has 0 aliphatic carbocycles. The highest BCUT2D eigenvalue weighted by Crippen LogP contribution is 2.33. The number of carboxylic acids is 1.